The van der Waals surface area contributed by atoms with Crippen LogP contribution >= 0.6 is 11.6 Å². The van der Waals surface area contributed by atoms with Gasteiger partial charge in [0, 0.05) is 21.5 Å². The van der Waals surface area contributed by atoms with E-state index in [9.17, 15) is 19.2 Å². The van der Waals surface area contributed by atoms with E-state index in [2.05, 4.69) is 6.92 Å². The zero-order chi connectivity index (χ0) is 33.5. The van der Waals surface area contributed by atoms with Gasteiger partial charge in [0.15, 0.2) is 12.4 Å². The van der Waals surface area contributed by atoms with E-state index in [4.69, 9.17) is 21.3 Å². The number of nitrogens with zero attached hydrogens (tertiary/aromatic N) is 2. The van der Waals surface area contributed by atoms with E-state index >= 15 is 0 Å². The lowest BCUT2D eigenvalue weighted by Gasteiger charge is -2.25. The molecule has 1 aliphatic heterocycles. The van der Waals surface area contributed by atoms with Crippen molar-refractivity contribution in [2.24, 2.45) is 17.8 Å². The predicted octanol–water partition coefficient (Wildman–Crippen LogP) is 8.50. The van der Waals surface area contributed by atoms with Crippen LogP contribution in [0.1, 0.15) is 52.5 Å². The van der Waals surface area contributed by atoms with Gasteiger partial charge in [0.05, 0.1) is 34.3 Å². The molecule has 2 aliphatic rings. The minimum absolute atomic E-state index is 0.134. The summed E-state index contributed by atoms with van der Waals surface area (Å²) in [5.41, 5.74) is 5.61. The molecule has 4 aromatic carbocycles. The Kier molecular flexibility index (Phi) is 8.40. The van der Waals surface area contributed by atoms with E-state index in [1.54, 1.807) is 54.6 Å². The summed E-state index contributed by atoms with van der Waals surface area (Å²) in [6.07, 6.45) is 2.42. The van der Waals surface area contributed by atoms with Crippen molar-refractivity contribution in [1.82, 2.24) is 4.98 Å². The van der Waals surface area contributed by atoms with E-state index in [0.29, 0.717) is 49.9 Å². The molecule has 3 atom stereocenters. The van der Waals surface area contributed by atoms with Crippen molar-refractivity contribution in [3.05, 3.63) is 119 Å². The number of pyridine rings is 1. The topological polar surface area (TPSA) is 93.6 Å². The number of aromatic nitrogens is 1. The Balaban J connectivity index is 1.13. The van der Waals surface area contributed by atoms with Crippen LogP contribution in [0, 0.1) is 24.7 Å². The molecular weight excluding hydrogens is 624 g/mol. The molecule has 2 amide bonds. The van der Waals surface area contributed by atoms with Gasteiger partial charge in [-0.3, -0.25) is 19.3 Å². The summed E-state index contributed by atoms with van der Waals surface area (Å²) in [5.74, 6) is -1.34. The van der Waals surface area contributed by atoms with Crippen LogP contribution in [0.4, 0.5) is 5.69 Å². The zero-order valence-electron chi connectivity index (χ0n) is 26.6. The Morgan fingerprint density at radius 3 is 2.23 bits per heavy atom. The molecule has 2 heterocycles. The molecule has 5 aromatic rings. The van der Waals surface area contributed by atoms with Gasteiger partial charge >= 0.3 is 5.97 Å². The van der Waals surface area contributed by atoms with Crippen LogP contribution in [-0.4, -0.2) is 35.2 Å². The molecule has 1 aliphatic carbocycles. The molecule has 0 spiro atoms. The Bertz CT molecular complexity index is 2080. The van der Waals surface area contributed by atoms with Crippen LogP contribution in [-0.2, 0) is 14.3 Å². The Hall–Kier alpha value is -5.14. The number of carbonyl (C=O) groups excluding carboxylic acids is 4. The molecule has 0 bridgehead atoms. The second-order valence-corrected chi connectivity index (χ2v) is 13.2. The minimum Gasteiger partial charge on any atom is -0.454 e. The van der Waals surface area contributed by atoms with Crippen LogP contribution in [0.5, 0.6) is 0 Å². The molecular formula is C40H33ClN2O5. The summed E-state index contributed by atoms with van der Waals surface area (Å²) < 4.78 is 5.56. The molecule has 3 unspecified atom stereocenters. The summed E-state index contributed by atoms with van der Waals surface area (Å²) in [6, 6.07) is 29.1. The van der Waals surface area contributed by atoms with Gasteiger partial charge in [0.1, 0.15) is 0 Å². The summed E-state index contributed by atoms with van der Waals surface area (Å²) >= 11 is 6.45. The molecule has 0 radical (unpaired) electrons. The lowest BCUT2D eigenvalue weighted by atomic mass is 9.76. The van der Waals surface area contributed by atoms with Crippen molar-refractivity contribution in [2.45, 2.75) is 33.1 Å². The number of hydrogen-bond donors (Lipinski definition) is 0. The van der Waals surface area contributed by atoms with Crippen molar-refractivity contribution in [2.75, 3.05) is 11.5 Å². The van der Waals surface area contributed by atoms with Gasteiger partial charge in [0.25, 0.3) is 0 Å². The number of amides is 2. The summed E-state index contributed by atoms with van der Waals surface area (Å²) in [5, 5.41) is 1.05. The van der Waals surface area contributed by atoms with Gasteiger partial charge in [-0.15, -0.1) is 0 Å². The monoisotopic (exact) mass is 656 g/mol. The first-order valence-corrected chi connectivity index (χ1v) is 16.5. The molecule has 7 nitrogen and oxygen atoms in total. The van der Waals surface area contributed by atoms with Crippen molar-refractivity contribution >= 4 is 51.8 Å². The molecule has 240 valence electrons. The lowest BCUT2D eigenvalue weighted by Crippen LogP contribution is -2.30. The van der Waals surface area contributed by atoms with Gasteiger partial charge in [0.2, 0.25) is 11.8 Å². The van der Waals surface area contributed by atoms with E-state index in [1.165, 1.54) is 4.90 Å². The standard InChI is InChI=1S/C40H33ClN2O5/c1-23-8-17-31-32(20-23)39(46)43(38(31)45)29-15-13-27(14-16-29)35-21-33(30-18-19-34(41)24(2)37(30)42-35)40(47)48-22-36(44)28-11-9-26(10-12-28)25-6-4-3-5-7-25/h3-7,9-16,18-19,21,23,31-32H,8,17,20,22H2,1-2H3. The number of carbonyl (C=O) groups is 4. The summed E-state index contributed by atoms with van der Waals surface area (Å²) in [4.78, 5) is 59.2. The number of imide groups is 1. The number of halogens is 1. The molecule has 48 heavy (non-hydrogen) atoms. The molecule has 8 heteroatoms. The number of ketones is 1. The van der Waals surface area contributed by atoms with Gasteiger partial charge in [-0.2, -0.15) is 0 Å². The van der Waals surface area contributed by atoms with Crippen molar-refractivity contribution in [3.8, 4) is 22.4 Å². The smallest absolute Gasteiger partial charge is 0.339 e. The number of Topliss-reactive ketones (excluding diaryl/α,β-unsaturated/α-hetero) is 1. The Labute approximate surface area is 283 Å². The molecule has 2 fully saturated rings. The van der Waals surface area contributed by atoms with Crippen LogP contribution in [0.15, 0.2) is 97.1 Å². The fourth-order valence-corrected chi connectivity index (χ4v) is 7.07. The van der Waals surface area contributed by atoms with Crippen LogP contribution in [0.2, 0.25) is 5.02 Å². The Morgan fingerprint density at radius 1 is 0.833 bits per heavy atom. The number of rotatable bonds is 7. The second kappa shape index (κ2) is 12.8. The van der Waals surface area contributed by atoms with Gasteiger partial charge in [-0.05, 0) is 73.1 Å². The second-order valence-electron chi connectivity index (χ2n) is 12.8. The molecule has 1 aromatic heterocycles. The number of hydrogen-bond acceptors (Lipinski definition) is 6. The van der Waals surface area contributed by atoms with Gasteiger partial charge < -0.3 is 4.74 Å². The minimum atomic E-state index is -0.665. The number of esters is 1. The SMILES string of the molecule is Cc1c(Cl)ccc2c(C(=O)OCC(=O)c3ccc(-c4ccccc4)cc3)cc(-c3ccc(N4C(=O)C5CCC(C)CC5C4=O)cc3)nc12. The highest BCUT2D eigenvalue weighted by Gasteiger charge is 2.49. The quantitative estimate of drug-likeness (QED) is 0.0991. The maximum Gasteiger partial charge on any atom is 0.339 e. The highest BCUT2D eigenvalue weighted by Crippen LogP contribution is 2.42. The van der Waals surface area contributed by atoms with Crippen LogP contribution in [0.25, 0.3) is 33.3 Å². The molecule has 0 N–H and O–H groups in total. The third-order valence-electron chi connectivity index (χ3n) is 9.65. The van der Waals surface area contributed by atoms with Crippen LogP contribution in [0.3, 0.4) is 0 Å². The van der Waals surface area contributed by atoms with E-state index in [-0.39, 0.29) is 35.0 Å². The average Bonchev–Trinajstić information content (AvgIpc) is 3.36. The average molecular weight is 657 g/mol. The lowest BCUT2D eigenvalue weighted by molar-refractivity contribution is -0.122. The van der Waals surface area contributed by atoms with E-state index in [1.807, 2.05) is 49.4 Å². The van der Waals surface area contributed by atoms with Crippen molar-refractivity contribution in [1.29, 1.82) is 0 Å². The largest absolute Gasteiger partial charge is 0.454 e. The predicted molar refractivity (Wildman–Crippen MR) is 186 cm³/mol. The zero-order valence-corrected chi connectivity index (χ0v) is 27.4. The highest BCUT2D eigenvalue weighted by molar-refractivity contribution is 6.32. The Morgan fingerprint density at radius 2 is 1.50 bits per heavy atom. The fraction of sp³-hybridized carbons (Fsp3) is 0.225. The number of fused-ring (bicyclic) bond motifs is 2. The van der Waals surface area contributed by atoms with E-state index in [0.717, 1.165) is 30.4 Å². The molecule has 1 saturated carbocycles. The third-order valence-corrected chi connectivity index (χ3v) is 10.1. The number of benzene rings is 4. The first-order valence-electron chi connectivity index (χ1n) is 16.1. The van der Waals surface area contributed by atoms with E-state index < -0.39 is 12.6 Å². The first-order chi connectivity index (χ1) is 23.2. The third kappa shape index (κ3) is 5.79. The highest BCUT2D eigenvalue weighted by atomic mass is 35.5. The maximum atomic E-state index is 13.5. The van der Waals surface area contributed by atoms with Crippen molar-refractivity contribution in [3.63, 3.8) is 0 Å². The number of ether oxygens (including phenoxy) is 1. The molecule has 7 rings (SSSR count). The maximum absolute atomic E-state index is 13.5. The summed E-state index contributed by atoms with van der Waals surface area (Å²) in [7, 11) is 0. The number of anilines is 1. The normalized spacial score (nSPS) is 19.0. The summed E-state index contributed by atoms with van der Waals surface area (Å²) in [6.45, 7) is 3.53. The van der Waals surface area contributed by atoms with Crippen molar-refractivity contribution < 1.29 is 23.9 Å². The fourth-order valence-electron chi connectivity index (χ4n) is 6.92. The van der Waals surface area contributed by atoms with Gasteiger partial charge in [-0.25, -0.2) is 9.78 Å². The van der Waals surface area contributed by atoms with Crippen LogP contribution < -0.4 is 4.90 Å². The van der Waals surface area contributed by atoms with Gasteiger partial charge in [-0.1, -0.05) is 91.3 Å². The first kappa shape index (κ1) is 31.5. The molecule has 1 saturated heterocycles. The number of aryl methyl sites for hydroxylation is 1.